The molecule has 0 fully saturated rings. The molecular formula is C15H22N4O5. The molecule has 1 aromatic rings. The van der Waals surface area contributed by atoms with Crippen LogP contribution in [-0.2, 0) is 11.3 Å². The Bertz CT molecular complexity index is 586. The number of aliphatic hydroxyl groups excluding tert-OH is 1. The van der Waals surface area contributed by atoms with E-state index in [1.54, 1.807) is 38.4 Å². The van der Waals surface area contributed by atoms with E-state index in [2.05, 4.69) is 10.5 Å². The van der Waals surface area contributed by atoms with Crippen LogP contribution in [0.15, 0.2) is 29.4 Å². The Morgan fingerprint density at radius 3 is 2.46 bits per heavy atom. The summed E-state index contributed by atoms with van der Waals surface area (Å²) >= 11 is 0. The van der Waals surface area contributed by atoms with Gasteiger partial charge in [0, 0.05) is 26.1 Å². The number of amides is 2. The lowest BCUT2D eigenvalue weighted by atomic mass is 10.0. The molecule has 0 saturated carbocycles. The number of amidine groups is 1. The zero-order valence-corrected chi connectivity index (χ0v) is 13.6. The minimum Gasteiger partial charge on any atom is -0.465 e. The van der Waals surface area contributed by atoms with Crippen molar-refractivity contribution in [1.29, 1.82) is 0 Å². The second kappa shape index (κ2) is 9.36. The first-order valence-electron chi connectivity index (χ1n) is 7.21. The van der Waals surface area contributed by atoms with Gasteiger partial charge < -0.3 is 31.0 Å². The highest BCUT2D eigenvalue weighted by Gasteiger charge is 2.18. The summed E-state index contributed by atoms with van der Waals surface area (Å²) in [6.45, 7) is -0.267. The molecule has 0 radical (unpaired) electrons. The molecule has 0 spiro atoms. The van der Waals surface area contributed by atoms with E-state index >= 15 is 0 Å². The van der Waals surface area contributed by atoms with E-state index in [-0.39, 0.29) is 31.4 Å². The van der Waals surface area contributed by atoms with Crippen LogP contribution in [0.25, 0.3) is 0 Å². The smallest absolute Gasteiger partial charge is 0.405 e. The van der Waals surface area contributed by atoms with Gasteiger partial charge in [-0.1, -0.05) is 17.3 Å². The maximum atomic E-state index is 11.8. The van der Waals surface area contributed by atoms with E-state index in [0.717, 1.165) is 5.56 Å². The summed E-state index contributed by atoms with van der Waals surface area (Å²) in [5, 5.41) is 23.4. The molecule has 0 aliphatic rings. The highest BCUT2D eigenvalue weighted by Crippen LogP contribution is 2.09. The third kappa shape index (κ3) is 6.13. The van der Waals surface area contributed by atoms with Crippen molar-refractivity contribution < 1.29 is 24.6 Å². The van der Waals surface area contributed by atoms with Gasteiger partial charge in [0.2, 0.25) is 0 Å². The number of rotatable bonds is 8. The van der Waals surface area contributed by atoms with Gasteiger partial charge in [0.05, 0.1) is 12.6 Å². The summed E-state index contributed by atoms with van der Waals surface area (Å²) in [5.41, 5.74) is 7.02. The first kappa shape index (κ1) is 19.2. The van der Waals surface area contributed by atoms with Crippen LogP contribution in [0.1, 0.15) is 15.9 Å². The number of nitrogens with one attached hydrogen (secondary N) is 1. The highest BCUT2D eigenvalue weighted by molar-refractivity contribution is 5.94. The molecule has 0 saturated heterocycles. The van der Waals surface area contributed by atoms with Gasteiger partial charge in [0.15, 0.2) is 5.84 Å². The SMILES string of the molecule is CN(C)C(=O)c1ccc(CC(NC(=O)O)/C(N)=N/OCCO)cc1. The van der Waals surface area contributed by atoms with E-state index in [0.29, 0.717) is 5.56 Å². The zero-order valence-electron chi connectivity index (χ0n) is 13.6. The number of carboxylic acid groups (broad SMARTS) is 1. The van der Waals surface area contributed by atoms with E-state index < -0.39 is 12.1 Å². The molecule has 5 N–H and O–H groups in total. The van der Waals surface area contributed by atoms with E-state index in [9.17, 15) is 9.59 Å². The summed E-state index contributed by atoms with van der Waals surface area (Å²) < 4.78 is 0. The molecule has 24 heavy (non-hydrogen) atoms. The Morgan fingerprint density at radius 1 is 1.33 bits per heavy atom. The molecule has 0 heterocycles. The second-order valence-electron chi connectivity index (χ2n) is 5.18. The molecule has 9 nitrogen and oxygen atoms in total. The van der Waals surface area contributed by atoms with Crippen molar-refractivity contribution in [1.82, 2.24) is 10.2 Å². The second-order valence-corrected chi connectivity index (χ2v) is 5.18. The fourth-order valence-corrected chi connectivity index (χ4v) is 1.88. The van der Waals surface area contributed by atoms with Gasteiger partial charge in [-0.25, -0.2) is 4.79 Å². The average Bonchev–Trinajstić information content (AvgIpc) is 2.54. The largest absolute Gasteiger partial charge is 0.465 e. The number of hydrogen-bond donors (Lipinski definition) is 4. The maximum Gasteiger partial charge on any atom is 0.405 e. The molecule has 0 aliphatic carbocycles. The lowest BCUT2D eigenvalue weighted by Crippen LogP contribution is -2.45. The lowest BCUT2D eigenvalue weighted by molar-refractivity contribution is 0.0827. The minimum absolute atomic E-state index is 0.0398. The minimum atomic E-state index is -1.25. The predicted molar refractivity (Wildman–Crippen MR) is 87.8 cm³/mol. The van der Waals surface area contributed by atoms with Gasteiger partial charge in [0.25, 0.3) is 5.91 Å². The van der Waals surface area contributed by atoms with Crippen molar-refractivity contribution in [2.24, 2.45) is 10.9 Å². The first-order chi connectivity index (χ1) is 11.3. The normalized spacial score (nSPS) is 12.4. The van der Waals surface area contributed by atoms with Crippen LogP contribution < -0.4 is 11.1 Å². The number of benzene rings is 1. The lowest BCUT2D eigenvalue weighted by Gasteiger charge is -2.16. The van der Waals surface area contributed by atoms with Crippen LogP contribution in [-0.4, -0.2) is 66.3 Å². The summed E-state index contributed by atoms with van der Waals surface area (Å²) in [4.78, 5) is 29.0. The van der Waals surface area contributed by atoms with Gasteiger partial charge >= 0.3 is 6.09 Å². The molecule has 0 bridgehead atoms. The molecule has 1 unspecified atom stereocenters. The zero-order chi connectivity index (χ0) is 18.1. The summed E-state index contributed by atoms with van der Waals surface area (Å²) in [7, 11) is 3.32. The number of carbonyl (C=O) groups is 2. The maximum absolute atomic E-state index is 11.8. The van der Waals surface area contributed by atoms with Crippen LogP contribution in [0.4, 0.5) is 4.79 Å². The van der Waals surface area contributed by atoms with E-state index in [1.165, 1.54) is 4.90 Å². The number of nitrogens with zero attached hydrogens (tertiary/aromatic N) is 2. The van der Waals surface area contributed by atoms with Gasteiger partial charge in [-0.05, 0) is 17.7 Å². The van der Waals surface area contributed by atoms with Crippen LogP contribution in [0.5, 0.6) is 0 Å². The van der Waals surface area contributed by atoms with Gasteiger partial charge in [-0.2, -0.15) is 0 Å². The quantitative estimate of drug-likeness (QED) is 0.225. The Kier molecular flexibility index (Phi) is 7.50. The fraction of sp³-hybridized carbons (Fsp3) is 0.400. The number of nitrogens with two attached hydrogens (primary N) is 1. The van der Waals surface area contributed by atoms with Crippen LogP contribution in [0.2, 0.25) is 0 Å². The Balaban J connectivity index is 2.84. The van der Waals surface area contributed by atoms with Crippen LogP contribution in [0.3, 0.4) is 0 Å². The van der Waals surface area contributed by atoms with Crippen molar-refractivity contribution in [3.05, 3.63) is 35.4 Å². The summed E-state index contributed by atoms with van der Waals surface area (Å²) in [6, 6.07) is 5.96. The number of hydrogen-bond acceptors (Lipinski definition) is 5. The van der Waals surface area contributed by atoms with Crippen molar-refractivity contribution in [3.63, 3.8) is 0 Å². The Morgan fingerprint density at radius 2 is 1.96 bits per heavy atom. The molecule has 1 rings (SSSR count). The fourth-order valence-electron chi connectivity index (χ4n) is 1.88. The molecule has 0 aromatic heterocycles. The number of aliphatic hydroxyl groups is 1. The van der Waals surface area contributed by atoms with E-state index in [4.69, 9.17) is 20.8 Å². The molecular weight excluding hydrogens is 316 g/mol. The monoisotopic (exact) mass is 338 g/mol. The van der Waals surface area contributed by atoms with Crippen LogP contribution >= 0.6 is 0 Å². The van der Waals surface area contributed by atoms with Crippen molar-refractivity contribution in [3.8, 4) is 0 Å². The third-order valence-electron chi connectivity index (χ3n) is 3.05. The van der Waals surface area contributed by atoms with E-state index in [1.807, 2.05) is 0 Å². The molecule has 132 valence electrons. The summed E-state index contributed by atoms with van der Waals surface area (Å²) in [6.07, 6.45) is -1.01. The van der Waals surface area contributed by atoms with Gasteiger partial charge in [-0.3, -0.25) is 4.79 Å². The van der Waals surface area contributed by atoms with Crippen molar-refractivity contribution >= 4 is 17.8 Å². The molecule has 9 heteroatoms. The molecule has 0 aliphatic heterocycles. The Labute approximate surface area is 139 Å². The number of carbonyl (C=O) groups excluding carboxylic acids is 1. The topological polar surface area (TPSA) is 137 Å². The standard InChI is InChI=1S/C15H22N4O5/c1-19(2)14(21)11-5-3-10(4-6-11)9-12(17-15(22)23)13(16)18-24-8-7-20/h3-6,12,17,20H,7-9H2,1-2H3,(H2,16,18)(H,22,23). The highest BCUT2D eigenvalue weighted by atomic mass is 16.6. The molecule has 2 amide bonds. The number of oxime groups is 1. The third-order valence-corrected chi connectivity index (χ3v) is 3.05. The molecule has 1 aromatic carbocycles. The predicted octanol–water partition coefficient (Wildman–Crippen LogP) is -0.152. The van der Waals surface area contributed by atoms with Crippen molar-refractivity contribution in [2.75, 3.05) is 27.3 Å². The van der Waals surface area contributed by atoms with Gasteiger partial charge in [0.1, 0.15) is 6.61 Å². The van der Waals surface area contributed by atoms with Crippen molar-refractivity contribution in [2.45, 2.75) is 12.5 Å². The average molecular weight is 338 g/mol. The Hall–Kier alpha value is -2.81. The molecule has 1 atom stereocenters. The summed E-state index contributed by atoms with van der Waals surface area (Å²) in [5.74, 6) is -0.181. The van der Waals surface area contributed by atoms with Gasteiger partial charge in [-0.15, -0.1) is 0 Å². The van der Waals surface area contributed by atoms with Crippen LogP contribution in [0, 0.1) is 0 Å². The first-order valence-corrected chi connectivity index (χ1v) is 7.21.